The third-order valence-corrected chi connectivity index (χ3v) is 2.34. The fraction of sp³-hybridized carbons (Fsp3) is 0.455. The van der Waals surface area contributed by atoms with Crippen LogP contribution in [0.25, 0.3) is 0 Å². The molecule has 0 saturated heterocycles. The van der Waals surface area contributed by atoms with Crippen LogP contribution < -0.4 is 5.32 Å². The van der Waals surface area contributed by atoms with E-state index < -0.39 is 11.7 Å². The van der Waals surface area contributed by atoms with Gasteiger partial charge < -0.3 is 5.32 Å². The molecule has 0 aromatic heterocycles. The van der Waals surface area contributed by atoms with Crippen molar-refractivity contribution < 1.29 is 13.2 Å². The van der Waals surface area contributed by atoms with Crippen molar-refractivity contribution in [1.29, 1.82) is 0 Å². The number of benzene rings is 1. The molecule has 1 atom stereocenters. The lowest BCUT2D eigenvalue weighted by atomic mass is 10.0. The minimum absolute atomic E-state index is 0.0356. The summed E-state index contributed by atoms with van der Waals surface area (Å²) in [6.07, 6.45) is -3.88. The number of halogens is 3. The van der Waals surface area contributed by atoms with Crippen LogP contribution in [-0.2, 0) is 12.6 Å². The quantitative estimate of drug-likeness (QED) is 0.820. The molecule has 0 aliphatic rings. The van der Waals surface area contributed by atoms with Crippen LogP contribution in [0.5, 0.6) is 0 Å². The zero-order chi connectivity index (χ0) is 11.5. The standard InChI is InChI=1S/C11H14F3N/c1-8(15-2)7-9-5-3-4-6-10(9)11(12,13)14/h3-6,8,15H,7H2,1-2H3. The van der Waals surface area contributed by atoms with Gasteiger partial charge in [0.15, 0.2) is 0 Å². The molecule has 0 radical (unpaired) electrons. The lowest BCUT2D eigenvalue weighted by Gasteiger charge is -2.15. The average Bonchev–Trinajstić information content (AvgIpc) is 2.17. The molecule has 1 aromatic rings. The highest BCUT2D eigenvalue weighted by Gasteiger charge is 2.32. The Hall–Kier alpha value is -1.03. The molecule has 1 nitrogen and oxygen atoms in total. The van der Waals surface area contributed by atoms with Crippen molar-refractivity contribution in [1.82, 2.24) is 5.32 Å². The molecule has 1 aromatic carbocycles. The Bertz CT molecular complexity index is 320. The maximum Gasteiger partial charge on any atom is 0.416 e. The van der Waals surface area contributed by atoms with Crippen LogP contribution in [0.1, 0.15) is 18.1 Å². The van der Waals surface area contributed by atoms with Gasteiger partial charge in [0.2, 0.25) is 0 Å². The Morgan fingerprint density at radius 2 is 1.87 bits per heavy atom. The van der Waals surface area contributed by atoms with Gasteiger partial charge in [0.25, 0.3) is 0 Å². The number of nitrogens with one attached hydrogen (secondary N) is 1. The van der Waals surface area contributed by atoms with E-state index >= 15 is 0 Å². The fourth-order valence-electron chi connectivity index (χ4n) is 1.41. The third kappa shape index (κ3) is 3.23. The molecule has 0 fully saturated rings. The van der Waals surface area contributed by atoms with Gasteiger partial charge in [-0.2, -0.15) is 13.2 Å². The van der Waals surface area contributed by atoms with Crippen molar-refractivity contribution in [2.45, 2.75) is 25.6 Å². The summed E-state index contributed by atoms with van der Waals surface area (Å²) in [6.45, 7) is 1.85. The molecule has 0 heterocycles. The first-order valence-corrected chi connectivity index (χ1v) is 4.77. The molecule has 1 unspecified atom stereocenters. The van der Waals surface area contributed by atoms with Crippen LogP contribution in [0, 0.1) is 0 Å². The molecule has 0 spiro atoms. The van der Waals surface area contributed by atoms with Gasteiger partial charge in [0.1, 0.15) is 0 Å². The molecule has 0 aliphatic heterocycles. The van der Waals surface area contributed by atoms with Crippen molar-refractivity contribution in [3.8, 4) is 0 Å². The maximum atomic E-state index is 12.6. The van der Waals surface area contributed by atoms with Crippen molar-refractivity contribution in [3.05, 3.63) is 35.4 Å². The Kier molecular flexibility index (Phi) is 3.74. The lowest BCUT2D eigenvalue weighted by Crippen LogP contribution is -2.25. The summed E-state index contributed by atoms with van der Waals surface area (Å²) in [5.74, 6) is 0. The summed E-state index contributed by atoms with van der Waals surface area (Å²) in [7, 11) is 1.74. The SMILES string of the molecule is CNC(C)Cc1ccccc1C(F)(F)F. The Labute approximate surface area is 87.3 Å². The first-order valence-electron chi connectivity index (χ1n) is 4.77. The van der Waals surface area contributed by atoms with Gasteiger partial charge in [-0.05, 0) is 32.0 Å². The highest BCUT2D eigenvalue weighted by atomic mass is 19.4. The monoisotopic (exact) mass is 217 g/mol. The first kappa shape index (κ1) is 12.0. The third-order valence-electron chi connectivity index (χ3n) is 2.34. The summed E-state index contributed by atoms with van der Waals surface area (Å²) in [5.41, 5.74) is -0.195. The van der Waals surface area contributed by atoms with E-state index in [1.807, 2.05) is 6.92 Å². The van der Waals surface area contributed by atoms with Crippen molar-refractivity contribution in [3.63, 3.8) is 0 Å². The summed E-state index contributed by atoms with van der Waals surface area (Å²) in [5, 5.41) is 2.92. The van der Waals surface area contributed by atoms with Crippen molar-refractivity contribution in [2.24, 2.45) is 0 Å². The number of likely N-dealkylation sites (N-methyl/N-ethyl adjacent to an activating group) is 1. The van der Waals surface area contributed by atoms with Crippen LogP contribution in [0.2, 0.25) is 0 Å². The summed E-state index contributed by atoms with van der Waals surface area (Å²) in [6, 6.07) is 5.73. The fourth-order valence-corrected chi connectivity index (χ4v) is 1.41. The average molecular weight is 217 g/mol. The molecule has 0 bridgehead atoms. The number of alkyl halides is 3. The predicted octanol–water partition coefficient (Wildman–Crippen LogP) is 2.86. The van der Waals surface area contributed by atoms with E-state index in [0.717, 1.165) is 6.07 Å². The van der Waals surface area contributed by atoms with Crippen molar-refractivity contribution in [2.75, 3.05) is 7.05 Å². The van der Waals surface area contributed by atoms with Gasteiger partial charge in [-0.3, -0.25) is 0 Å². The second-order valence-electron chi connectivity index (χ2n) is 3.55. The van der Waals surface area contributed by atoms with Crippen LogP contribution in [-0.4, -0.2) is 13.1 Å². The van der Waals surface area contributed by atoms with Gasteiger partial charge in [0.05, 0.1) is 5.56 Å². The van der Waals surface area contributed by atoms with Crippen LogP contribution in [0.3, 0.4) is 0 Å². The lowest BCUT2D eigenvalue weighted by molar-refractivity contribution is -0.138. The second-order valence-corrected chi connectivity index (χ2v) is 3.55. The first-order chi connectivity index (χ1) is 6.95. The van der Waals surface area contributed by atoms with Crippen LogP contribution in [0.4, 0.5) is 13.2 Å². The van der Waals surface area contributed by atoms with Gasteiger partial charge >= 0.3 is 6.18 Å². The molecule has 1 rings (SSSR count). The minimum Gasteiger partial charge on any atom is -0.317 e. The van der Waals surface area contributed by atoms with E-state index in [1.165, 1.54) is 12.1 Å². The molecule has 0 saturated carbocycles. The molecular weight excluding hydrogens is 203 g/mol. The molecule has 0 amide bonds. The Morgan fingerprint density at radius 1 is 1.27 bits per heavy atom. The molecule has 1 N–H and O–H groups in total. The van der Waals surface area contributed by atoms with Gasteiger partial charge in [-0.25, -0.2) is 0 Å². The zero-order valence-corrected chi connectivity index (χ0v) is 8.73. The molecule has 84 valence electrons. The Balaban J connectivity index is 2.97. The summed E-state index contributed by atoms with van der Waals surface area (Å²) >= 11 is 0. The number of hydrogen-bond acceptors (Lipinski definition) is 1. The van der Waals surface area contributed by atoms with E-state index in [4.69, 9.17) is 0 Å². The number of hydrogen-bond donors (Lipinski definition) is 1. The van der Waals surface area contributed by atoms with Gasteiger partial charge in [-0.1, -0.05) is 18.2 Å². The van der Waals surface area contributed by atoms with E-state index in [2.05, 4.69) is 5.32 Å². The van der Waals surface area contributed by atoms with Gasteiger partial charge in [0, 0.05) is 6.04 Å². The molecule has 4 heteroatoms. The second kappa shape index (κ2) is 4.66. The summed E-state index contributed by atoms with van der Waals surface area (Å²) in [4.78, 5) is 0. The zero-order valence-electron chi connectivity index (χ0n) is 8.73. The highest BCUT2D eigenvalue weighted by molar-refractivity contribution is 5.30. The van der Waals surface area contributed by atoms with E-state index in [0.29, 0.717) is 12.0 Å². The smallest absolute Gasteiger partial charge is 0.317 e. The van der Waals surface area contributed by atoms with Crippen LogP contribution in [0.15, 0.2) is 24.3 Å². The summed E-state index contributed by atoms with van der Waals surface area (Å²) < 4.78 is 37.7. The predicted molar refractivity (Wildman–Crippen MR) is 53.7 cm³/mol. The highest BCUT2D eigenvalue weighted by Crippen LogP contribution is 2.32. The normalized spacial score (nSPS) is 13.9. The van der Waals surface area contributed by atoms with E-state index in [1.54, 1.807) is 13.1 Å². The van der Waals surface area contributed by atoms with Crippen LogP contribution >= 0.6 is 0 Å². The topological polar surface area (TPSA) is 12.0 Å². The molecule has 15 heavy (non-hydrogen) atoms. The largest absolute Gasteiger partial charge is 0.416 e. The Morgan fingerprint density at radius 3 is 2.40 bits per heavy atom. The van der Waals surface area contributed by atoms with E-state index in [-0.39, 0.29) is 6.04 Å². The van der Waals surface area contributed by atoms with Crippen molar-refractivity contribution >= 4 is 0 Å². The molecule has 0 aliphatic carbocycles. The molecular formula is C11H14F3N. The minimum atomic E-state index is -4.26. The van der Waals surface area contributed by atoms with Gasteiger partial charge in [-0.15, -0.1) is 0 Å². The number of rotatable bonds is 3. The van der Waals surface area contributed by atoms with E-state index in [9.17, 15) is 13.2 Å². The maximum absolute atomic E-state index is 12.6.